The minimum atomic E-state index is -0.667. The van der Waals surface area contributed by atoms with E-state index in [2.05, 4.69) is 26.0 Å². The molecule has 2 rings (SSSR count). The maximum Gasteiger partial charge on any atom is 0.415 e. The van der Waals surface area contributed by atoms with E-state index in [1.165, 1.54) is 0 Å². The van der Waals surface area contributed by atoms with Gasteiger partial charge in [0.25, 0.3) is 0 Å². The number of cyclic esters (lactones) is 2. The Kier molecular flexibility index (Phi) is 2.73. The molecule has 1 aliphatic rings. The van der Waals surface area contributed by atoms with Crippen molar-refractivity contribution in [2.24, 2.45) is 0 Å². The molecule has 15 heavy (non-hydrogen) atoms. The molecule has 0 aliphatic carbocycles. The van der Waals surface area contributed by atoms with Gasteiger partial charge in [-0.3, -0.25) is 0 Å². The van der Waals surface area contributed by atoms with Crippen LogP contribution in [0.5, 0.6) is 0 Å². The molecule has 0 bridgehead atoms. The summed E-state index contributed by atoms with van der Waals surface area (Å²) in [6.45, 7) is 0. The molecular formula is C10H8BrNO3. The van der Waals surface area contributed by atoms with Crippen molar-refractivity contribution in [1.29, 1.82) is 0 Å². The third kappa shape index (κ3) is 2.36. The number of carbonyl (C=O) groups is 2. The lowest BCUT2D eigenvalue weighted by Crippen LogP contribution is -2.30. The predicted octanol–water partition coefficient (Wildman–Crippen LogP) is 1.63. The zero-order valence-corrected chi connectivity index (χ0v) is 9.28. The Bertz CT molecular complexity index is 419. The second-order valence-corrected chi connectivity index (χ2v) is 4.16. The predicted molar refractivity (Wildman–Crippen MR) is 56.3 cm³/mol. The summed E-state index contributed by atoms with van der Waals surface area (Å²) in [5.74, 6) is -0.514. The van der Waals surface area contributed by atoms with E-state index in [-0.39, 0.29) is 0 Å². The normalized spacial score (nSPS) is 19.9. The largest absolute Gasteiger partial charge is 0.415 e. The van der Waals surface area contributed by atoms with Crippen molar-refractivity contribution < 1.29 is 14.3 Å². The molecule has 1 aliphatic heterocycles. The van der Waals surface area contributed by atoms with Gasteiger partial charge in [0.15, 0.2) is 0 Å². The molecule has 1 aromatic rings. The van der Waals surface area contributed by atoms with Crippen molar-refractivity contribution in [3.05, 3.63) is 34.3 Å². The number of ether oxygens (including phenoxy) is 1. The second kappa shape index (κ2) is 4.02. The quantitative estimate of drug-likeness (QED) is 0.656. The van der Waals surface area contributed by atoms with E-state index in [9.17, 15) is 9.59 Å². The maximum absolute atomic E-state index is 11.2. The fraction of sp³-hybridized carbons (Fsp3) is 0.200. The number of benzene rings is 1. The summed E-state index contributed by atoms with van der Waals surface area (Å²) in [5, 5.41) is 2.45. The number of nitrogens with one attached hydrogen (secondary N) is 1. The Morgan fingerprint density at radius 1 is 1.40 bits per heavy atom. The molecule has 5 heteroatoms. The van der Waals surface area contributed by atoms with Gasteiger partial charge >= 0.3 is 12.1 Å². The van der Waals surface area contributed by atoms with Gasteiger partial charge in [0.05, 0.1) is 0 Å². The van der Waals surface area contributed by atoms with Gasteiger partial charge in [-0.15, -0.1) is 0 Å². The second-order valence-electron chi connectivity index (χ2n) is 3.24. The average molecular weight is 270 g/mol. The molecule has 0 unspecified atom stereocenters. The molecule has 0 spiro atoms. The van der Waals surface area contributed by atoms with Gasteiger partial charge in [-0.05, 0) is 17.7 Å². The average Bonchev–Trinajstić information content (AvgIpc) is 2.45. The highest BCUT2D eigenvalue weighted by Gasteiger charge is 2.32. The van der Waals surface area contributed by atoms with Gasteiger partial charge in [-0.1, -0.05) is 28.1 Å². The van der Waals surface area contributed by atoms with Crippen molar-refractivity contribution in [3.63, 3.8) is 0 Å². The minimum absolute atomic E-state index is 0.448. The fourth-order valence-electron chi connectivity index (χ4n) is 1.43. The molecule has 0 saturated carbocycles. The molecule has 1 fully saturated rings. The smallest absolute Gasteiger partial charge is 0.375 e. The van der Waals surface area contributed by atoms with Crippen LogP contribution in [0.2, 0.25) is 0 Å². The van der Waals surface area contributed by atoms with Crippen molar-refractivity contribution in [2.45, 2.75) is 12.5 Å². The Labute approximate surface area is 94.7 Å². The van der Waals surface area contributed by atoms with Gasteiger partial charge < -0.3 is 10.1 Å². The van der Waals surface area contributed by atoms with Gasteiger partial charge in [0, 0.05) is 10.9 Å². The lowest BCUT2D eigenvalue weighted by Gasteiger charge is -2.05. The van der Waals surface area contributed by atoms with E-state index >= 15 is 0 Å². The number of amides is 1. The van der Waals surface area contributed by atoms with Crippen molar-refractivity contribution >= 4 is 28.0 Å². The third-order valence-electron chi connectivity index (χ3n) is 2.10. The summed E-state index contributed by atoms with van der Waals surface area (Å²) in [4.78, 5) is 21.9. The summed E-state index contributed by atoms with van der Waals surface area (Å²) < 4.78 is 5.32. The number of hydrogen-bond donors (Lipinski definition) is 1. The van der Waals surface area contributed by atoms with E-state index in [1.54, 1.807) is 0 Å². The maximum atomic E-state index is 11.2. The van der Waals surface area contributed by atoms with Gasteiger partial charge in [0.2, 0.25) is 0 Å². The molecule has 4 nitrogen and oxygen atoms in total. The molecule has 1 heterocycles. The first-order valence-electron chi connectivity index (χ1n) is 4.42. The van der Waals surface area contributed by atoms with E-state index in [1.807, 2.05) is 24.3 Å². The first-order valence-corrected chi connectivity index (χ1v) is 5.21. The monoisotopic (exact) mass is 269 g/mol. The Morgan fingerprint density at radius 2 is 2.20 bits per heavy atom. The lowest BCUT2D eigenvalue weighted by atomic mass is 10.1. The van der Waals surface area contributed by atoms with Crippen molar-refractivity contribution in [3.8, 4) is 0 Å². The van der Waals surface area contributed by atoms with Crippen LogP contribution in [-0.2, 0) is 16.0 Å². The summed E-state index contributed by atoms with van der Waals surface area (Å²) in [6.07, 6.45) is -0.218. The van der Waals surface area contributed by atoms with Crippen LogP contribution in [0.25, 0.3) is 0 Å². The molecule has 1 amide bonds. The zero-order valence-electron chi connectivity index (χ0n) is 7.70. The van der Waals surface area contributed by atoms with Crippen LogP contribution in [0.1, 0.15) is 5.56 Å². The van der Waals surface area contributed by atoms with Crippen LogP contribution < -0.4 is 5.32 Å². The van der Waals surface area contributed by atoms with Gasteiger partial charge in [0.1, 0.15) is 6.04 Å². The van der Waals surface area contributed by atoms with Crippen LogP contribution in [0, 0.1) is 0 Å². The molecule has 1 aromatic carbocycles. The van der Waals surface area contributed by atoms with Gasteiger partial charge in [-0.2, -0.15) is 0 Å². The minimum Gasteiger partial charge on any atom is -0.375 e. The molecular weight excluding hydrogens is 262 g/mol. The van der Waals surface area contributed by atoms with Gasteiger partial charge in [-0.25, -0.2) is 9.59 Å². The lowest BCUT2D eigenvalue weighted by molar-refractivity contribution is -0.135. The zero-order chi connectivity index (χ0) is 10.8. The first kappa shape index (κ1) is 10.2. The van der Waals surface area contributed by atoms with E-state index < -0.39 is 18.1 Å². The summed E-state index contributed by atoms with van der Waals surface area (Å²) in [6, 6.07) is 7.00. The fourth-order valence-corrected chi connectivity index (χ4v) is 1.87. The van der Waals surface area contributed by atoms with Crippen molar-refractivity contribution in [1.82, 2.24) is 5.32 Å². The summed E-state index contributed by atoms with van der Waals surface area (Å²) >= 11 is 3.33. The molecule has 78 valence electrons. The van der Waals surface area contributed by atoms with Crippen LogP contribution >= 0.6 is 15.9 Å². The number of rotatable bonds is 2. The van der Waals surface area contributed by atoms with Crippen LogP contribution in [0.3, 0.4) is 0 Å². The van der Waals surface area contributed by atoms with E-state index in [0.717, 1.165) is 10.0 Å². The Balaban J connectivity index is 2.09. The number of carbonyl (C=O) groups excluding carboxylic acids is 2. The number of alkyl carbamates (subject to hydrolysis) is 1. The number of halogens is 1. The van der Waals surface area contributed by atoms with Crippen molar-refractivity contribution in [2.75, 3.05) is 0 Å². The standard InChI is InChI=1S/C10H8BrNO3/c11-7-3-1-2-6(4-7)5-8-9(13)15-10(14)12-8/h1-4,8H,5H2,(H,12,14)/t8-/m0/s1. The number of esters is 1. The molecule has 1 atom stereocenters. The molecule has 1 saturated heterocycles. The van der Waals surface area contributed by atoms with E-state index in [4.69, 9.17) is 0 Å². The van der Waals surface area contributed by atoms with Crippen LogP contribution in [-0.4, -0.2) is 18.1 Å². The summed E-state index contributed by atoms with van der Waals surface area (Å²) in [7, 11) is 0. The highest BCUT2D eigenvalue weighted by Crippen LogP contribution is 2.14. The molecule has 0 radical (unpaired) electrons. The first-order chi connectivity index (χ1) is 7.15. The molecule has 1 N–H and O–H groups in total. The molecule has 0 aromatic heterocycles. The van der Waals surface area contributed by atoms with Crippen LogP contribution in [0.15, 0.2) is 28.7 Å². The van der Waals surface area contributed by atoms with E-state index in [0.29, 0.717) is 6.42 Å². The topological polar surface area (TPSA) is 55.4 Å². The Morgan fingerprint density at radius 3 is 2.80 bits per heavy atom. The highest BCUT2D eigenvalue weighted by molar-refractivity contribution is 9.10. The van der Waals surface area contributed by atoms with Crippen LogP contribution in [0.4, 0.5) is 4.79 Å². The SMILES string of the molecule is O=C1N[C@@H](Cc2cccc(Br)c2)C(=O)O1. The Hall–Kier alpha value is -1.36. The summed E-state index contributed by atoms with van der Waals surface area (Å²) in [5.41, 5.74) is 0.966. The highest BCUT2D eigenvalue weighted by atomic mass is 79.9. The third-order valence-corrected chi connectivity index (χ3v) is 2.59. The number of hydrogen-bond acceptors (Lipinski definition) is 3.